The van der Waals surface area contributed by atoms with Crippen molar-refractivity contribution in [3.8, 4) is 11.4 Å². The van der Waals surface area contributed by atoms with E-state index in [2.05, 4.69) is 15.4 Å². The maximum absolute atomic E-state index is 10.5. The summed E-state index contributed by atoms with van der Waals surface area (Å²) in [5.41, 5.74) is 0.692. The smallest absolute Gasteiger partial charge is 0.236 e. The molecule has 2 aromatic rings. The molecule has 0 amide bonds. The summed E-state index contributed by atoms with van der Waals surface area (Å²) in [5, 5.41) is 11.5. The Morgan fingerprint density at radius 3 is 2.53 bits per heavy atom. The zero-order valence-electron chi connectivity index (χ0n) is 8.89. The van der Waals surface area contributed by atoms with Gasteiger partial charge in [-0.1, -0.05) is 0 Å². The molecule has 0 aromatic carbocycles. The van der Waals surface area contributed by atoms with Gasteiger partial charge < -0.3 is 4.55 Å². The lowest BCUT2D eigenvalue weighted by Crippen LogP contribution is -2.36. The fourth-order valence-corrected chi connectivity index (χ4v) is 1.81. The van der Waals surface area contributed by atoms with E-state index in [-0.39, 0.29) is 0 Å². The SMILES string of the molecule is Cn1nnc(-c2cc[n+](CS(=O)(=O)[O-])cc2)n1. The molecule has 0 N–H and O–H groups in total. The first-order chi connectivity index (χ1) is 7.94. The molecule has 0 aliphatic rings. The summed E-state index contributed by atoms with van der Waals surface area (Å²) in [6, 6.07) is 3.23. The van der Waals surface area contributed by atoms with Gasteiger partial charge in [0, 0.05) is 17.7 Å². The highest BCUT2D eigenvalue weighted by Gasteiger charge is 2.09. The van der Waals surface area contributed by atoms with Crippen LogP contribution in [0.3, 0.4) is 0 Å². The summed E-state index contributed by atoms with van der Waals surface area (Å²) < 4.78 is 32.9. The molecule has 0 fully saturated rings. The molecule has 17 heavy (non-hydrogen) atoms. The van der Waals surface area contributed by atoms with Crippen molar-refractivity contribution in [1.29, 1.82) is 0 Å². The summed E-state index contributed by atoms with van der Waals surface area (Å²) in [4.78, 5) is 1.32. The Hall–Kier alpha value is -1.87. The molecule has 0 unspecified atom stereocenters. The fraction of sp³-hybridized carbons (Fsp3) is 0.250. The molecular formula is C8H9N5O3S. The largest absolute Gasteiger partial charge is 0.743 e. The van der Waals surface area contributed by atoms with Gasteiger partial charge in [-0.25, -0.2) is 8.42 Å². The lowest BCUT2D eigenvalue weighted by Gasteiger charge is -2.02. The normalized spacial score (nSPS) is 11.6. The number of pyridine rings is 1. The number of hydrogen-bond acceptors (Lipinski definition) is 6. The highest BCUT2D eigenvalue weighted by atomic mass is 32.2. The Labute approximate surface area is 97.3 Å². The predicted molar refractivity (Wildman–Crippen MR) is 54.1 cm³/mol. The monoisotopic (exact) mass is 255 g/mol. The van der Waals surface area contributed by atoms with E-state index in [1.165, 1.54) is 21.8 Å². The maximum Gasteiger partial charge on any atom is 0.236 e. The van der Waals surface area contributed by atoms with Gasteiger partial charge in [-0.3, -0.25) is 0 Å². The van der Waals surface area contributed by atoms with Crippen LogP contribution in [0.5, 0.6) is 0 Å². The number of hydrogen-bond donors (Lipinski definition) is 0. The standard InChI is InChI=1S/C8H9N5O3S/c1-12-10-8(9-11-12)7-2-4-13(5-3-7)6-17(14,15)16/h2-5H,6H2,1H3. The van der Waals surface area contributed by atoms with Gasteiger partial charge in [0.15, 0.2) is 22.5 Å². The molecule has 2 rings (SSSR count). The van der Waals surface area contributed by atoms with Crippen molar-refractivity contribution in [2.75, 3.05) is 0 Å². The van der Waals surface area contributed by atoms with E-state index in [0.717, 1.165) is 0 Å². The van der Waals surface area contributed by atoms with Gasteiger partial charge >= 0.3 is 0 Å². The fourth-order valence-electron chi connectivity index (χ4n) is 1.27. The molecule has 9 heteroatoms. The number of nitrogens with zero attached hydrogens (tertiary/aromatic N) is 5. The zero-order chi connectivity index (χ0) is 12.5. The van der Waals surface area contributed by atoms with Crippen LogP contribution in [0.2, 0.25) is 0 Å². The molecule has 0 aliphatic carbocycles. The van der Waals surface area contributed by atoms with Crippen LogP contribution in [-0.2, 0) is 23.0 Å². The molecule has 0 spiro atoms. The topological polar surface area (TPSA) is 105 Å². The van der Waals surface area contributed by atoms with Gasteiger partial charge in [-0.15, -0.1) is 10.2 Å². The van der Waals surface area contributed by atoms with Crippen molar-refractivity contribution < 1.29 is 17.5 Å². The third kappa shape index (κ3) is 3.04. The summed E-state index contributed by atoms with van der Waals surface area (Å²) in [6.07, 6.45) is 2.95. The Balaban J connectivity index is 2.24. The van der Waals surface area contributed by atoms with Gasteiger partial charge in [0.25, 0.3) is 0 Å². The molecule has 2 heterocycles. The molecule has 8 nitrogen and oxygen atoms in total. The van der Waals surface area contributed by atoms with Crippen molar-refractivity contribution in [2.45, 2.75) is 5.88 Å². The Bertz CT molecular complexity index is 619. The van der Waals surface area contributed by atoms with Crippen molar-refractivity contribution in [3.63, 3.8) is 0 Å². The summed E-state index contributed by atoms with van der Waals surface area (Å²) >= 11 is 0. The van der Waals surface area contributed by atoms with Gasteiger partial charge in [0.2, 0.25) is 11.7 Å². The van der Waals surface area contributed by atoms with Gasteiger partial charge in [0.1, 0.15) is 0 Å². The molecule has 0 aliphatic heterocycles. The molecular weight excluding hydrogens is 246 g/mol. The van der Waals surface area contributed by atoms with Gasteiger partial charge in [0.05, 0.1) is 7.05 Å². The van der Waals surface area contributed by atoms with Crippen LogP contribution >= 0.6 is 0 Å². The van der Waals surface area contributed by atoms with E-state index in [4.69, 9.17) is 0 Å². The van der Waals surface area contributed by atoms with Crippen LogP contribution in [-0.4, -0.2) is 33.2 Å². The number of rotatable bonds is 3. The third-order valence-electron chi connectivity index (χ3n) is 1.96. The Kier molecular flexibility index (Phi) is 2.86. The minimum atomic E-state index is -4.29. The van der Waals surface area contributed by atoms with Crippen LogP contribution in [0.4, 0.5) is 0 Å². The molecule has 0 saturated carbocycles. The Morgan fingerprint density at radius 2 is 2.06 bits per heavy atom. The van der Waals surface area contributed by atoms with E-state index in [9.17, 15) is 13.0 Å². The lowest BCUT2D eigenvalue weighted by atomic mass is 10.2. The first-order valence-electron chi connectivity index (χ1n) is 4.61. The summed E-state index contributed by atoms with van der Waals surface area (Å²) in [7, 11) is -2.64. The molecule has 2 aromatic heterocycles. The maximum atomic E-state index is 10.5. The zero-order valence-corrected chi connectivity index (χ0v) is 9.70. The van der Waals surface area contributed by atoms with E-state index >= 15 is 0 Å². The van der Waals surface area contributed by atoms with Crippen LogP contribution < -0.4 is 4.57 Å². The molecule has 0 atom stereocenters. The number of aromatic nitrogens is 5. The van der Waals surface area contributed by atoms with E-state index < -0.39 is 16.0 Å². The van der Waals surface area contributed by atoms with Crippen molar-refractivity contribution in [1.82, 2.24) is 20.2 Å². The second-order valence-electron chi connectivity index (χ2n) is 3.39. The highest BCUT2D eigenvalue weighted by molar-refractivity contribution is 7.84. The van der Waals surface area contributed by atoms with E-state index in [0.29, 0.717) is 11.4 Å². The average Bonchev–Trinajstić information content (AvgIpc) is 2.63. The van der Waals surface area contributed by atoms with Crippen LogP contribution in [0, 0.1) is 0 Å². The second-order valence-corrected chi connectivity index (χ2v) is 4.76. The number of tetrazole rings is 1. The predicted octanol–water partition coefficient (Wildman–Crippen LogP) is -1.33. The minimum Gasteiger partial charge on any atom is -0.743 e. The summed E-state index contributed by atoms with van der Waals surface area (Å²) in [6.45, 7) is 0. The van der Waals surface area contributed by atoms with Crippen molar-refractivity contribution in [3.05, 3.63) is 24.5 Å². The lowest BCUT2D eigenvalue weighted by molar-refractivity contribution is -0.678. The van der Waals surface area contributed by atoms with Gasteiger partial charge in [-0.2, -0.15) is 9.36 Å². The van der Waals surface area contributed by atoms with E-state index in [1.807, 2.05) is 0 Å². The molecule has 0 saturated heterocycles. The van der Waals surface area contributed by atoms with Crippen molar-refractivity contribution >= 4 is 10.1 Å². The minimum absolute atomic E-state index is 0.435. The quantitative estimate of drug-likeness (QED) is 0.497. The average molecular weight is 255 g/mol. The first-order valence-corrected chi connectivity index (χ1v) is 6.19. The molecule has 90 valence electrons. The first kappa shape index (κ1) is 11.6. The highest BCUT2D eigenvalue weighted by Crippen LogP contribution is 2.09. The van der Waals surface area contributed by atoms with Crippen LogP contribution in [0.25, 0.3) is 11.4 Å². The van der Waals surface area contributed by atoms with Gasteiger partial charge in [-0.05, 0) is 5.21 Å². The van der Waals surface area contributed by atoms with Crippen molar-refractivity contribution in [2.24, 2.45) is 7.05 Å². The second kappa shape index (κ2) is 4.18. The molecule has 0 bridgehead atoms. The van der Waals surface area contributed by atoms with E-state index in [1.54, 1.807) is 19.2 Å². The third-order valence-corrected chi connectivity index (χ3v) is 2.58. The summed E-state index contributed by atoms with van der Waals surface area (Å²) in [5.74, 6) is -0.161. The Morgan fingerprint density at radius 1 is 1.41 bits per heavy atom. The molecule has 0 radical (unpaired) electrons. The number of aryl methyl sites for hydroxylation is 1. The van der Waals surface area contributed by atoms with Crippen LogP contribution in [0.1, 0.15) is 0 Å². The van der Waals surface area contributed by atoms with Crippen LogP contribution in [0.15, 0.2) is 24.5 Å².